The van der Waals surface area contributed by atoms with E-state index in [-0.39, 0.29) is 0 Å². The maximum Gasteiger partial charge on any atom is 0.314 e. The van der Waals surface area contributed by atoms with Crippen LogP contribution in [0.1, 0.15) is 54.2 Å². The molecule has 5 rings (SSSR count). The molecule has 0 spiro atoms. The molecule has 0 bridgehead atoms. The van der Waals surface area contributed by atoms with Gasteiger partial charge in [-0.1, -0.05) is 59.8 Å². The van der Waals surface area contributed by atoms with Gasteiger partial charge in [-0.3, -0.25) is 9.78 Å². The highest BCUT2D eigenvalue weighted by Gasteiger charge is 2.51. The Labute approximate surface area is 204 Å². The number of aromatic nitrogens is 2. The summed E-state index contributed by atoms with van der Waals surface area (Å²) in [5, 5.41) is 24.6. The lowest BCUT2D eigenvalue weighted by Gasteiger charge is -2.12. The Kier molecular flexibility index (Phi) is 6.22. The van der Waals surface area contributed by atoms with Crippen LogP contribution < -0.4 is 0 Å². The zero-order valence-electron chi connectivity index (χ0n) is 19.6. The first-order valence-corrected chi connectivity index (χ1v) is 12.0. The monoisotopic (exact) mass is 468 g/mol. The van der Waals surface area contributed by atoms with Gasteiger partial charge < -0.3 is 14.7 Å². The molecule has 4 aromatic rings. The number of nitrogens with zero attached hydrogens (tertiary/aromatic N) is 2. The van der Waals surface area contributed by atoms with Crippen molar-refractivity contribution < 1.29 is 19.5 Å². The molecule has 6 heteroatoms. The molecule has 0 radical (unpaired) electrons. The first-order chi connectivity index (χ1) is 17.0. The summed E-state index contributed by atoms with van der Waals surface area (Å²) in [7, 11) is 0. The summed E-state index contributed by atoms with van der Waals surface area (Å²) in [4.78, 5) is 15.7. The van der Waals surface area contributed by atoms with E-state index in [1.807, 2.05) is 73.8 Å². The van der Waals surface area contributed by atoms with E-state index in [9.17, 15) is 15.0 Å². The minimum atomic E-state index is -0.744. The smallest absolute Gasteiger partial charge is 0.314 e. The third-order valence-corrected chi connectivity index (χ3v) is 6.98. The minimum absolute atomic E-state index is 0.593. The highest BCUT2D eigenvalue weighted by Crippen LogP contribution is 2.48. The number of benzene rings is 2. The average Bonchev–Trinajstić information content (AvgIpc) is 3.61. The van der Waals surface area contributed by atoms with Crippen molar-refractivity contribution in [3.05, 3.63) is 95.4 Å². The molecular formula is C29H28N2O4. The zero-order chi connectivity index (χ0) is 24.4. The Balaban J connectivity index is 1.29. The fourth-order valence-corrected chi connectivity index (χ4v) is 4.71. The van der Waals surface area contributed by atoms with E-state index in [1.54, 1.807) is 6.20 Å². The van der Waals surface area contributed by atoms with E-state index in [0.29, 0.717) is 30.7 Å². The number of carbonyl (C=O) groups is 1. The molecule has 0 saturated heterocycles. The molecule has 0 amide bonds. The summed E-state index contributed by atoms with van der Waals surface area (Å²) in [5.41, 5.74) is 5.65. The Morgan fingerprint density at radius 2 is 1.69 bits per heavy atom. The molecule has 1 fully saturated rings. The molecule has 2 heterocycles. The van der Waals surface area contributed by atoms with E-state index in [1.165, 1.54) is 0 Å². The van der Waals surface area contributed by atoms with E-state index in [0.717, 1.165) is 46.2 Å². The molecule has 35 heavy (non-hydrogen) atoms. The molecule has 1 aliphatic rings. The number of hydrogen-bond donors (Lipinski definition) is 2. The zero-order valence-corrected chi connectivity index (χ0v) is 19.6. The summed E-state index contributed by atoms with van der Waals surface area (Å²) in [6.45, 7) is 1.85. The maximum absolute atomic E-state index is 11.6. The van der Waals surface area contributed by atoms with Crippen LogP contribution in [0.2, 0.25) is 0 Å². The van der Waals surface area contributed by atoms with E-state index < -0.39 is 17.5 Å². The van der Waals surface area contributed by atoms with E-state index in [2.05, 4.69) is 10.1 Å². The van der Waals surface area contributed by atoms with Gasteiger partial charge in [0.15, 0.2) is 5.76 Å². The van der Waals surface area contributed by atoms with Gasteiger partial charge in [0, 0.05) is 18.0 Å². The number of aliphatic hydroxyl groups excluding tert-OH is 1. The van der Waals surface area contributed by atoms with Crippen molar-refractivity contribution in [2.45, 2.75) is 50.5 Å². The van der Waals surface area contributed by atoms with Crippen LogP contribution >= 0.6 is 0 Å². The van der Waals surface area contributed by atoms with Gasteiger partial charge in [0.2, 0.25) is 0 Å². The Hall–Kier alpha value is -3.77. The van der Waals surface area contributed by atoms with Gasteiger partial charge in [-0.25, -0.2) is 0 Å². The van der Waals surface area contributed by atoms with Crippen LogP contribution in [0.4, 0.5) is 0 Å². The van der Waals surface area contributed by atoms with Gasteiger partial charge in [0.25, 0.3) is 0 Å². The largest absolute Gasteiger partial charge is 0.481 e. The topological polar surface area (TPSA) is 96.5 Å². The third-order valence-electron chi connectivity index (χ3n) is 6.98. The van der Waals surface area contributed by atoms with Crippen LogP contribution in [-0.2, 0) is 16.6 Å². The number of carboxylic acids is 1. The van der Waals surface area contributed by atoms with Crippen molar-refractivity contribution in [1.82, 2.24) is 10.1 Å². The molecule has 0 aliphatic heterocycles. The minimum Gasteiger partial charge on any atom is -0.481 e. The van der Waals surface area contributed by atoms with Crippen LogP contribution in [0.25, 0.3) is 22.5 Å². The molecule has 1 aliphatic carbocycles. The van der Waals surface area contributed by atoms with Crippen LogP contribution in [-0.4, -0.2) is 26.3 Å². The fraction of sp³-hybridized carbons (Fsp3) is 0.276. The van der Waals surface area contributed by atoms with Crippen LogP contribution in [0.3, 0.4) is 0 Å². The molecule has 6 nitrogen and oxygen atoms in total. The summed E-state index contributed by atoms with van der Waals surface area (Å²) in [6, 6.07) is 19.7. The number of aliphatic carboxylic acids is 1. The van der Waals surface area contributed by atoms with Gasteiger partial charge in [-0.05, 0) is 67.3 Å². The number of aliphatic hydroxyl groups is 1. The predicted molar refractivity (Wildman–Crippen MR) is 133 cm³/mol. The molecule has 2 aromatic carbocycles. The lowest BCUT2D eigenvalue weighted by atomic mass is 9.93. The second-order valence-electron chi connectivity index (χ2n) is 9.32. The number of aryl methyl sites for hydroxylation is 2. The lowest BCUT2D eigenvalue weighted by molar-refractivity contribution is -0.140. The molecule has 1 saturated carbocycles. The van der Waals surface area contributed by atoms with Gasteiger partial charge in [-0.2, -0.15) is 0 Å². The van der Waals surface area contributed by atoms with Gasteiger partial charge in [0.1, 0.15) is 0 Å². The molecule has 2 aromatic heterocycles. The van der Waals surface area contributed by atoms with Crippen molar-refractivity contribution in [3.63, 3.8) is 0 Å². The highest BCUT2D eigenvalue weighted by atomic mass is 16.5. The average molecular weight is 469 g/mol. The third kappa shape index (κ3) is 4.62. The van der Waals surface area contributed by atoms with Crippen molar-refractivity contribution in [2.75, 3.05) is 0 Å². The maximum atomic E-state index is 11.6. The summed E-state index contributed by atoms with van der Waals surface area (Å²) in [5.74, 6) is -0.151. The van der Waals surface area contributed by atoms with E-state index in [4.69, 9.17) is 4.52 Å². The number of carboxylic acid groups (broad SMARTS) is 1. The number of hydrogen-bond acceptors (Lipinski definition) is 5. The second-order valence-corrected chi connectivity index (χ2v) is 9.32. The fourth-order valence-electron chi connectivity index (χ4n) is 4.71. The van der Waals surface area contributed by atoms with E-state index >= 15 is 0 Å². The quantitative estimate of drug-likeness (QED) is 0.318. The molecular weight excluding hydrogens is 440 g/mol. The van der Waals surface area contributed by atoms with Gasteiger partial charge >= 0.3 is 5.97 Å². The molecule has 178 valence electrons. The standard InChI is InChI=1S/C29H28N2O4/c1-19-26(25(32)6-2-4-20-5-3-17-30-18-20)27(35-31-19)23-9-7-21(8-10-23)22-11-13-24(14-12-22)29(15-16-29)28(33)34/h3,5,7-14,17-18,25,32H,2,4,6,15-16H2,1H3,(H,33,34). The molecule has 1 atom stereocenters. The summed E-state index contributed by atoms with van der Waals surface area (Å²) < 4.78 is 5.62. The normalized spacial score (nSPS) is 15.0. The molecule has 2 N–H and O–H groups in total. The Bertz CT molecular complexity index is 1310. The van der Waals surface area contributed by atoms with Crippen LogP contribution in [0.15, 0.2) is 77.6 Å². The SMILES string of the molecule is Cc1noc(-c2ccc(-c3ccc(C4(C(=O)O)CC4)cc3)cc2)c1C(O)CCCc1cccnc1. The van der Waals surface area contributed by atoms with Crippen LogP contribution in [0.5, 0.6) is 0 Å². The number of pyridine rings is 1. The second kappa shape index (κ2) is 9.47. The van der Waals surface area contributed by atoms with Gasteiger partial charge in [0.05, 0.1) is 22.8 Å². The Morgan fingerprint density at radius 1 is 1.03 bits per heavy atom. The lowest BCUT2D eigenvalue weighted by Crippen LogP contribution is -2.19. The van der Waals surface area contributed by atoms with Gasteiger partial charge in [-0.15, -0.1) is 0 Å². The first-order valence-electron chi connectivity index (χ1n) is 12.0. The van der Waals surface area contributed by atoms with Crippen molar-refractivity contribution in [3.8, 4) is 22.5 Å². The molecule has 1 unspecified atom stereocenters. The Morgan fingerprint density at radius 3 is 2.29 bits per heavy atom. The highest BCUT2D eigenvalue weighted by molar-refractivity contribution is 5.85. The van der Waals surface area contributed by atoms with Crippen molar-refractivity contribution in [1.29, 1.82) is 0 Å². The number of rotatable bonds is 9. The summed E-state index contributed by atoms with van der Waals surface area (Å²) >= 11 is 0. The summed E-state index contributed by atoms with van der Waals surface area (Å²) in [6.07, 6.45) is 6.63. The first kappa shape index (κ1) is 23.0. The van der Waals surface area contributed by atoms with Crippen molar-refractivity contribution in [2.24, 2.45) is 0 Å². The van der Waals surface area contributed by atoms with Crippen LogP contribution in [0, 0.1) is 6.92 Å². The predicted octanol–water partition coefficient (Wildman–Crippen LogP) is 5.88. The van der Waals surface area contributed by atoms with Crippen molar-refractivity contribution >= 4 is 5.97 Å².